The predicted octanol–water partition coefficient (Wildman–Crippen LogP) is 1.10. The van der Waals surface area contributed by atoms with Gasteiger partial charge in [-0.3, -0.25) is 4.79 Å². The van der Waals surface area contributed by atoms with E-state index in [2.05, 4.69) is 9.97 Å². The highest BCUT2D eigenvalue weighted by Crippen LogP contribution is 2.07. The molecule has 0 atom stereocenters. The van der Waals surface area contributed by atoms with Crippen molar-refractivity contribution in [2.45, 2.75) is 6.92 Å². The fourth-order valence-corrected chi connectivity index (χ4v) is 1.40. The summed E-state index contributed by atoms with van der Waals surface area (Å²) in [6, 6.07) is 4.98. The van der Waals surface area contributed by atoms with Crippen LogP contribution in [0, 0.1) is 0 Å². The predicted molar refractivity (Wildman–Crippen MR) is 58.3 cm³/mol. The van der Waals surface area contributed by atoms with Gasteiger partial charge in [-0.05, 0) is 25.1 Å². The van der Waals surface area contributed by atoms with Crippen molar-refractivity contribution in [3.63, 3.8) is 0 Å². The Morgan fingerprint density at radius 3 is 3.12 bits per heavy atom. The van der Waals surface area contributed by atoms with Gasteiger partial charge in [0.1, 0.15) is 11.2 Å². The van der Waals surface area contributed by atoms with Gasteiger partial charge in [0, 0.05) is 11.6 Å². The van der Waals surface area contributed by atoms with Gasteiger partial charge in [0.15, 0.2) is 0 Å². The molecule has 0 spiro atoms. The Kier molecular flexibility index (Phi) is 2.68. The first kappa shape index (κ1) is 10.4. The van der Waals surface area contributed by atoms with Crippen molar-refractivity contribution >= 4 is 17.0 Å². The van der Waals surface area contributed by atoms with Crippen LogP contribution in [0.15, 0.2) is 29.2 Å². The smallest absolute Gasteiger partial charge is 0.343 e. The number of aromatic nitrogens is 2. The number of H-pyrrole nitrogens is 1. The standard InChI is InChI=1S/C11H10N2O3/c1-2-16-11(15)8-6-7-4-3-5-12-9(7)13-10(8)14/h3-6H,2H2,1H3,(H,12,13,14). The third-order valence-corrected chi connectivity index (χ3v) is 2.11. The number of carbonyl (C=O) groups is 1. The lowest BCUT2D eigenvalue weighted by Gasteiger charge is -2.02. The molecule has 2 heterocycles. The van der Waals surface area contributed by atoms with Gasteiger partial charge in [-0.25, -0.2) is 9.78 Å². The lowest BCUT2D eigenvalue weighted by Crippen LogP contribution is -2.19. The number of fused-ring (bicyclic) bond motifs is 1. The average molecular weight is 218 g/mol. The number of hydrogen-bond donors (Lipinski definition) is 1. The SMILES string of the molecule is CCOC(=O)c1cc2cccnc2[nH]c1=O. The van der Waals surface area contributed by atoms with E-state index in [9.17, 15) is 9.59 Å². The first-order chi connectivity index (χ1) is 7.72. The minimum atomic E-state index is -0.616. The average Bonchev–Trinajstić information content (AvgIpc) is 2.28. The highest BCUT2D eigenvalue weighted by molar-refractivity contribution is 5.92. The maximum atomic E-state index is 11.6. The molecule has 2 aromatic rings. The Morgan fingerprint density at radius 2 is 2.38 bits per heavy atom. The number of nitrogens with one attached hydrogen (secondary N) is 1. The molecule has 5 nitrogen and oxygen atoms in total. The maximum Gasteiger partial charge on any atom is 0.343 e. The van der Waals surface area contributed by atoms with Crippen molar-refractivity contribution < 1.29 is 9.53 Å². The summed E-state index contributed by atoms with van der Waals surface area (Å²) in [5, 5.41) is 0.699. The topological polar surface area (TPSA) is 72.0 Å². The zero-order chi connectivity index (χ0) is 11.5. The van der Waals surface area contributed by atoms with E-state index < -0.39 is 11.5 Å². The van der Waals surface area contributed by atoms with E-state index in [1.165, 1.54) is 6.07 Å². The molecular formula is C11H10N2O3. The van der Waals surface area contributed by atoms with E-state index in [-0.39, 0.29) is 12.2 Å². The van der Waals surface area contributed by atoms with Gasteiger partial charge >= 0.3 is 5.97 Å². The summed E-state index contributed by atoms with van der Waals surface area (Å²) in [4.78, 5) is 29.5. The molecule has 0 bridgehead atoms. The molecule has 0 aromatic carbocycles. The summed E-state index contributed by atoms with van der Waals surface area (Å²) in [6.07, 6.45) is 1.57. The van der Waals surface area contributed by atoms with Gasteiger partial charge in [-0.2, -0.15) is 0 Å². The number of ether oxygens (including phenoxy) is 1. The number of pyridine rings is 2. The Balaban J connectivity index is 2.58. The molecule has 0 aliphatic heterocycles. The molecule has 0 fully saturated rings. The molecule has 0 unspecified atom stereocenters. The maximum absolute atomic E-state index is 11.6. The molecular weight excluding hydrogens is 208 g/mol. The van der Waals surface area contributed by atoms with Gasteiger partial charge in [0.25, 0.3) is 5.56 Å². The zero-order valence-corrected chi connectivity index (χ0v) is 8.69. The van der Waals surface area contributed by atoms with Crippen LogP contribution in [0.3, 0.4) is 0 Å². The monoisotopic (exact) mass is 218 g/mol. The molecule has 2 rings (SSSR count). The van der Waals surface area contributed by atoms with Crippen molar-refractivity contribution in [3.8, 4) is 0 Å². The van der Waals surface area contributed by atoms with Crippen molar-refractivity contribution in [1.82, 2.24) is 9.97 Å². The van der Waals surface area contributed by atoms with Crippen molar-refractivity contribution in [3.05, 3.63) is 40.3 Å². The second-order valence-corrected chi connectivity index (χ2v) is 3.17. The van der Waals surface area contributed by atoms with Gasteiger partial charge in [-0.1, -0.05) is 0 Å². The quantitative estimate of drug-likeness (QED) is 0.766. The van der Waals surface area contributed by atoms with Crippen LogP contribution in [0.4, 0.5) is 0 Å². The van der Waals surface area contributed by atoms with Crippen molar-refractivity contribution in [2.75, 3.05) is 6.61 Å². The number of rotatable bonds is 2. The molecule has 0 saturated heterocycles. The first-order valence-electron chi connectivity index (χ1n) is 4.87. The zero-order valence-electron chi connectivity index (χ0n) is 8.69. The summed E-state index contributed by atoms with van der Waals surface area (Å²) in [5.74, 6) is -0.616. The lowest BCUT2D eigenvalue weighted by molar-refractivity contribution is 0.0524. The highest BCUT2D eigenvalue weighted by atomic mass is 16.5. The molecule has 0 aliphatic rings. The first-order valence-corrected chi connectivity index (χ1v) is 4.87. The van der Waals surface area contributed by atoms with Crippen LogP contribution in [0.5, 0.6) is 0 Å². The molecule has 0 aliphatic carbocycles. The second-order valence-electron chi connectivity index (χ2n) is 3.17. The third-order valence-electron chi connectivity index (χ3n) is 2.11. The van der Waals surface area contributed by atoms with Gasteiger partial charge in [0.05, 0.1) is 6.61 Å². The highest BCUT2D eigenvalue weighted by Gasteiger charge is 2.12. The molecule has 5 heteroatoms. The van der Waals surface area contributed by atoms with E-state index in [0.717, 1.165) is 0 Å². The Labute approximate surface area is 91.1 Å². The number of esters is 1. The van der Waals surface area contributed by atoms with E-state index in [1.807, 2.05) is 0 Å². The number of carbonyl (C=O) groups excluding carboxylic acids is 1. The van der Waals surface area contributed by atoms with Crippen LogP contribution in [-0.2, 0) is 4.74 Å². The van der Waals surface area contributed by atoms with Crippen LogP contribution in [0.1, 0.15) is 17.3 Å². The lowest BCUT2D eigenvalue weighted by atomic mass is 10.2. The van der Waals surface area contributed by atoms with E-state index in [4.69, 9.17) is 4.74 Å². The summed E-state index contributed by atoms with van der Waals surface area (Å²) in [6.45, 7) is 1.93. The Bertz CT molecular complexity index is 589. The summed E-state index contributed by atoms with van der Waals surface area (Å²) in [5.41, 5.74) is -0.0208. The second kappa shape index (κ2) is 4.14. The van der Waals surface area contributed by atoms with Gasteiger partial charge in [0.2, 0.25) is 0 Å². The minimum Gasteiger partial charge on any atom is -0.462 e. The molecule has 82 valence electrons. The number of hydrogen-bond acceptors (Lipinski definition) is 4. The fraction of sp³-hybridized carbons (Fsp3) is 0.182. The summed E-state index contributed by atoms with van der Waals surface area (Å²) < 4.78 is 4.78. The van der Waals surface area contributed by atoms with Crippen LogP contribution in [-0.4, -0.2) is 22.5 Å². The Hall–Kier alpha value is -2.17. The third kappa shape index (κ3) is 1.79. The molecule has 0 radical (unpaired) electrons. The van der Waals surface area contributed by atoms with Crippen molar-refractivity contribution in [1.29, 1.82) is 0 Å². The van der Waals surface area contributed by atoms with E-state index in [0.29, 0.717) is 11.0 Å². The summed E-state index contributed by atoms with van der Waals surface area (Å²) >= 11 is 0. The Morgan fingerprint density at radius 1 is 1.56 bits per heavy atom. The largest absolute Gasteiger partial charge is 0.462 e. The molecule has 2 aromatic heterocycles. The number of aromatic amines is 1. The van der Waals surface area contributed by atoms with Gasteiger partial charge < -0.3 is 9.72 Å². The fourth-order valence-electron chi connectivity index (χ4n) is 1.40. The molecule has 16 heavy (non-hydrogen) atoms. The minimum absolute atomic E-state index is 0.00218. The van der Waals surface area contributed by atoms with Crippen LogP contribution < -0.4 is 5.56 Å². The normalized spacial score (nSPS) is 10.3. The van der Waals surface area contributed by atoms with Gasteiger partial charge in [-0.15, -0.1) is 0 Å². The van der Waals surface area contributed by atoms with E-state index in [1.54, 1.807) is 25.3 Å². The summed E-state index contributed by atoms with van der Waals surface area (Å²) in [7, 11) is 0. The molecule has 0 saturated carbocycles. The molecule has 1 N–H and O–H groups in total. The van der Waals surface area contributed by atoms with Crippen LogP contribution >= 0.6 is 0 Å². The molecule has 0 amide bonds. The number of nitrogens with zero attached hydrogens (tertiary/aromatic N) is 1. The van der Waals surface area contributed by atoms with Crippen molar-refractivity contribution in [2.24, 2.45) is 0 Å². The van der Waals surface area contributed by atoms with Crippen LogP contribution in [0.25, 0.3) is 11.0 Å². The van der Waals surface area contributed by atoms with Crippen LogP contribution in [0.2, 0.25) is 0 Å². The van der Waals surface area contributed by atoms with E-state index >= 15 is 0 Å².